The molecule has 3 saturated heterocycles. The molecule has 3 heterocycles. The maximum Gasteiger partial charge on any atom is 0.325 e. The van der Waals surface area contributed by atoms with Gasteiger partial charge in [-0.15, -0.1) is 0 Å². The highest BCUT2D eigenvalue weighted by atomic mass is 16.2. The van der Waals surface area contributed by atoms with Gasteiger partial charge in [0.2, 0.25) is 5.91 Å². The first-order chi connectivity index (χ1) is 14.6. The summed E-state index contributed by atoms with van der Waals surface area (Å²) >= 11 is 0. The van der Waals surface area contributed by atoms with Gasteiger partial charge in [0.05, 0.1) is 6.54 Å². The summed E-state index contributed by atoms with van der Waals surface area (Å²) < 4.78 is 0. The topological polar surface area (TPSA) is 81.8 Å². The van der Waals surface area contributed by atoms with Crippen LogP contribution in [0.15, 0.2) is 30.3 Å². The SMILES string of the molecule is O=C(CC[C@@H]1NC(=O)N(Cc2ccccc2)C1=O)NC[C@@H]1CCCN2CCCC[C@@H]12. The van der Waals surface area contributed by atoms with Gasteiger partial charge in [-0.25, -0.2) is 4.79 Å². The average molecular weight is 413 g/mol. The van der Waals surface area contributed by atoms with E-state index in [0.29, 0.717) is 24.9 Å². The Morgan fingerprint density at radius 3 is 2.70 bits per heavy atom. The Balaban J connectivity index is 1.22. The van der Waals surface area contributed by atoms with Crippen molar-refractivity contribution in [2.45, 2.75) is 63.6 Å². The molecule has 1 aromatic carbocycles. The zero-order valence-corrected chi connectivity index (χ0v) is 17.5. The molecule has 0 saturated carbocycles. The highest BCUT2D eigenvalue weighted by molar-refractivity contribution is 6.04. The highest BCUT2D eigenvalue weighted by Crippen LogP contribution is 2.30. The number of hydrogen-bond acceptors (Lipinski definition) is 4. The van der Waals surface area contributed by atoms with Crippen LogP contribution in [0.25, 0.3) is 0 Å². The predicted molar refractivity (Wildman–Crippen MR) is 113 cm³/mol. The van der Waals surface area contributed by atoms with Crippen LogP contribution in [0.4, 0.5) is 4.79 Å². The Morgan fingerprint density at radius 1 is 1.07 bits per heavy atom. The van der Waals surface area contributed by atoms with Crippen LogP contribution >= 0.6 is 0 Å². The van der Waals surface area contributed by atoms with Crippen LogP contribution in [0.5, 0.6) is 0 Å². The molecule has 0 spiro atoms. The number of hydrogen-bond donors (Lipinski definition) is 2. The van der Waals surface area contributed by atoms with Gasteiger partial charge in [-0.2, -0.15) is 0 Å². The van der Waals surface area contributed by atoms with Gasteiger partial charge in [-0.1, -0.05) is 36.8 Å². The summed E-state index contributed by atoms with van der Waals surface area (Å²) in [4.78, 5) is 41.0. The summed E-state index contributed by atoms with van der Waals surface area (Å²) in [7, 11) is 0. The molecular formula is C23H32N4O3. The molecule has 30 heavy (non-hydrogen) atoms. The number of carbonyl (C=O) groups excluding carboxylic acids is 3. The van der Waals surface area contributed by atoms with Gasteiger partial charge in [0.1, 0.15) is 6.04 Å². The van der Waals surface area contributed by atoms with E-state index in [1.54, 1.807) is 0 Å². The number of carbonyl (C=O) groups is 3. The molecule has 0 radical (unpaired) electrons. The van der Waals surface area contributed by atoms with Gasteiger partial charge < -0.3 is 15.5 Å². The lowest BCUT2D eigenvalue weighted by molar-refractivity contribution is -0.128. The fraction of sp³-hybridized carbons (Fsp3) is 0.609. The van der Waals surface area contributed by atoms with E-state index >= 15 is 0 Å². The predicted octanol–water partition coefficient (Wildman–Crippen LogP) is 2.27. The summed E-state index contributed by atoms with van der Waals surface area (Å²) in [6.45, 7) is 3.36. The smallest absolute Gasteiger partial charge is 0.325 e. The Bertz CT molecular complexity index is 767. The summed E-state index contributed by atoms with van der Waals surface area (Å²) in [5, 5.41) is 5.81. The first-order valence-electron chi connectivity index (χ1n) is 11.3. The number of piperidine rings is 2. The molecule has 7 nitrogen and oxygen atoms in total. The molecule has 0 aromatic heterocycles. The fourth-order valence-corrected chi connectivity index (χ4v) is 5.11. The molecule has 162 valence electrons. The van der Waals surface area contributed by atoms with Crippen LogP contribution in [-0.4, -0.2) is 59.4 Å². The first-order valence-corrected chi connectivity index (χ1v) is 11.3. The number of fused-ring (bicyclic) bond motifs is 1. The minimum absolute atomic E-state index is 0.0357. The number of imide groups is 1. The number of rotatable bonds is 7. The number of urea groups is 1. The van der Waals surface area contributed by atoms with E-state index in [4.69, 9.17) is 0 Å². The summed E-state index contributed by atoms with van der Waals surface area (Å²) in [5.74, 6) is 0.241. The molecule has 0 unspecified atom stereocenters. The summed E-state index contributed by atoms with van der Waals surface area (Å²) in [6, 6.07) is 9.05. The van der Waals surface area contributed by atoms with Crippen molar-refractivity contribution >= 4 is 17.8 Å². The van der Waals surface area contributed by atoms with Gasteiger partial charge in [0, 0.05) is 19.0 Å². The number of nitrogens with one attached hydrogen (secondary N) is 2. The Morgan fingerprint density at radius 2 is 1.87 bits per heavy atom. The Hall–Kier alpha value is -2.41. The summed E-state index contributed by atoms with van der Waals surface area (Å²) in [5.41, 5.74) is 0.906. The van der Waals surface area contributed by atoms with Crippen LogP contribution < -0.4 is 10.6 Å². The number of benzene rings is 1. The number of amides is 4. The van der Waals surface area contributed by atoms with E-state index in [0.717, 1.165) is 5.56 Å². The van der Waals surface area contributed by atoms with Crippen molar-refractivity contribution < 1.29 is 14.4 Å². The largest absolute Gasteiger partial charge is 0.356 e. The second kappa shape index (κ2) is 9.60. The standard InChI is InChI=1S/C23H32N4O3/c28-21(24-15-18-9-6-14-26-13-5-4-10-20(18)26)12-11-19-22(29)27(23(30)25-19)16-17-7-2-1-3-8-17/h1-3,7-8,18-20H,4-6,9-16H2,(H,24,28)(H,25,30)/t18-,19-,20-/m0/s1. The molecule has 4 rings (SSSR count). The van der Waals surface area contributed by atoms with Gasteiger partial charge in [0.25, 0.3) is 5.91 Å². The van der Waals surface area contributed by atoms with Gasteiger partial charge in [-0.3, -0.25) is 14.5 Å². The molecule has 0 bridgehead atoms. The van der Waals surface area contributed by atoms with Crippen LogP contribution in [0.3, 0.4) is 0 Å². The molecule has 7 heteroatoms. The third kappa shape index (κ3) is 4.83. The third-order valence-corrected chi connectivity index (χ3v) is 6.74. The number of nitrogens with zero attached hydrogens (tertiary/aromatic N) is 2. The average Bonchev–Trinajstić information content (AvgIpc) is 3.04. The van der Waals surface area contributed by atoms with Crippen LogP contribution in [0.2, 0.25) is 0 Å². The first kappa shape index (κ1) is 20.8. The maximum absolute atomic E-state index is 12.6. The van der Waals surface area contributed by atoms with Gasteiger partial charge in [0.15, 0.2) is 0 Å². The van der Waals surface area contributed by atoms with E-state index < -0.39 is 6.04 Å². The van der Waals surface area contributed by atoms with Crippen molar-refractivity contribution in [2.24, 2.45) is 5.92 Å². The second-order valence-corrected chi connectivity index (χ2v) is 8.76. The molecular weight excluding hydrogens is 380 g/mol. The molecule has 0 aliphatic carbocycles. The molecule has 4 amide bonds. The lowest BCUT2D eigenvalue weighted by atomic mass is 9.83. The van der Waals surface area contributed by atoms with Crippen molar-refractivity contribution in [2.75, 3.05) is 19.6 Å². The third-order valence-electron chi connectivity index (χ3n) is 6.74. The lowest BCUT2D eigenvalue weighted by Gasteiger charge is -2.44. The van der Waals surface area contributed by atoms with Crippen molar-refractivity contribution in [1.82, 2.24) is 20.4 Å². The van der Waals surface area contributed by atoms with E-state index in [1.165, 1.54) is 50.1 Å². The van der Waals surface area contributed by atoms with Crippen molar-refractivity contribution in [3.63, 3.8) is 0 Å². The van der Waals surface area contributed by atoms with Crippen molar-refractivity contribution in [3.05, 3.63) is 35.9 Å². The van der Waals surface area contributed by atoms with E-state index in [9.17, 15) is 14.4 Å². The molecule has 1 aromatic rings. The Kier molecular flexibility index (Phi) is 6.67. The minimum Gasteiger partial charge on any atom is -0.356 e. The van der Waals surface area contributed by atoms with Crippen molar-refractivity contribution in [1.29, 1.82) is 0 Å². The monoisotopic (exact) mass is 412 g/mol. The van der Waals surface area contributed by atoms with Gasteiger partial charge in [-0.05, 0) is 56.7 Å². The van der Waals surface area contributed by atoms with Gasteiger partial charge >= 0.3 is 6.03 Å². The van der Waals surface area contributed by atoms with E-state index in [-0.39, 0.29) is 30.8 Å². The van der Waals surface area contributed by atoms with Crippen LogP contribution in [0.1, 0.15) is 50.5 Å². The fourth-order valence-electron chi connectivity index (χ4n) is 5.11. The second-order valence-electron chi connectivity index (χ2n) is 8.76. The van der Waals surface area contributed by atoms with Crippen LogP contribution in [0, 0.1) is 5.92 Å². The lowest BCUT2D eigenvalue weighted by Crippen LogP contribution is -2.51. The highest BCUT2D eigenvalue weighted by Gasteiger charge is 2.38. The quantitative estimate of drug-likeness (QED) is 0.673. The normalized spacial score (nSPS) is 26.9. The molecule has 3 aliphatic rings. The molecule has 3 fully saturated rings. The molecule has 3 atom stereocenters. The van der Waals surface area contributed by atoms with E-state index in [2.05, 4.69) is 15.5 Å². The zero-order chi connectivity index (χ0) is 20.9. The molecule has 2 N–H and O–H groups in total. The summed E-state index contributed by atoms with van der Waals surface area (Å²) in [6.07, 6.45) is 6.77. The minimum atomic E-state index is -0.615. The zero-order valence-electron chi connectivity index (χ0n) is 17.5. The molecule has 3 aliphatic heterocycles. The van der Waals surface area contributed by atoms with Crippen molar-refractivity contribution in [3.8, 4) is 0 Å². The maximum atomic E-state index is 12.6. The van der Waals surface area contributed by atoms with E-state index in [1.807, 2.05) is 30.3 Å². The Labute approximate surface area is 178 Å². The van der Waals surface area contributed by atoms with Crippen LogP contribution in [-0.2, 0) is 16.1 Å².